The third kappa shape index (κ3) is 4.77. The highest BCUT2D eigenvalue weighted by molar-refractivity contribution is 6.02. The van der Waals surface area contributed by atoms with Crippen LogP contribution >= 0.6 is 0 Å². The number of hydrogen-bond acceptors (Lipinski definition) is 5. The van der Waals surface area contributed by atoms with Crippen molar-refractivity contribution in [1.29, 1.82) is 0 Å². The number of rotatable bonds is 5. The van der Waals surface area contributed by atoms with E-state index in [1.54, 1.807) is 35.3 Å². The van der Waals surface area contributed by atoms with Crippen molar-refractivity contribution in [2.24, 2.45) is 0 Å². The fourth-order valence-electron chi connectivity index (χ4n) is 3.54. The minimum Gasteiger partial charge on any atom is -0.490 e. The Kier molecular flexibility index (Phi) is 5.84. The predicted molar refractivity (Wildman–Crippen MR) is 127 cm³/mol. The van der Waals surface area contributed by atoms with E-state index in [1.165, 1.54) is 6.08 Å². The molecule has 33 heavy (non-hydrogen) atoms. The number of para-hydroxylation sites is 1. The lowest BCUT2D eigenvalue weighted by Crippen LogP contribution is -2.08. The van der Waals surface area contributed by atoms with Gasteiger partial charge in [0.2, 0.25) is 5.91 Å². The molecule has 3 heterocycles. The number of carbonyl (C=O) groups is 1. The van der Waals surface area contributed by atoms with Gasteiger partial charge in [-0.05, 0) is 42.5 Å². The number of aromatic nitrogens is 3. The summed E-state index contributed by atoms with van der Waals surface area (Å²) >= 11 is 0. The molecule has 2 aromatic heterocycles. The van der Waals surface area contributed by atoms with Crippen molar-refractivity contribution in [2.75, 3.05) is 18.5 Å². The van der Waals surface area contributed by atoms with Crippen molar-refractivity contribution in [1.82, 2.24) is 14.8 Å². The molecule has 0 unspecified atom stereocenters. The fourth-order valence-corrected chi connectivity index (χ4v) is 3.54. The highest BCUT2D eigenvalue weighted by Crippen LogP contribution is 2.32. The number of nitrogens with zero attached hydrogens (tertiary/aromatic N) is 3. The summed E-state index contributed by atoms with van der Waals surface area (Å²) in [7, 11) is 0. The first-order chi connectivity index (χ1) is 16.3. The number of amides is 1. The molecule has 0 saturated carbocycles. The van der Waals surface area contributed by atoms with E-state index in [2.05, 4.69) is 10.3 Å². The molecule has 1 amide bonds. The Morgan fingerprint density at radius 1 is 1.00 bits per heavy atom. The minimum absolute atomic E-state index is 0.255. The molecule has 0 saturated heterocycles. The molecule has 1 aliphatic heterocycles. The molecule has 0 spiro atoms. The largest absolute Gasteiger partial charge is 0.490 e. The first-order valence-corrected chi connectivity index (χ1v) is 10.7. The van der Waals surface area contributed by atoms with Crippen LogP contribution in [0, 0.1) is 0 Å². The van der Waals surface area contributed by atoms with Crippen LogP contribution in [0.5, 0.6) is 11.5 Å². The summed E-state index contributed by atoms with van der Waals surface area (Å²) in [5.41, 5.74) is 3.99. The van der Waals surface area contributed by atoms with Gasteiger partial charge in [-0.25, -0.2) is 4.68 Å². The van der Waals surface area contributed by atoms with Crippen LogP contribution in [0.25, 0.3) is 23.0 Å². The molecule has 0 radical (unpaired) electrons. The van der Waals surface area contributed by atoms with Crippen molar-refractivity contribution in [3.05, 3.63) is 90.9 Å². The normalized spacial score (nSPS) is 13.0. The zero-order chi connectivity index (χ0) is 22.5. The van der Waals surface area contributed by atoms with Gasteiger partial charge in [-0.1, -0.05) is 18.2 Å². The van der Waals surface area contributed by atoms with E-state index >= 15 is 0 Å². The van der Waals surface area contributed by atoms with Crippen LogP contribution < -0.4 is 14.8 Å². The summed E-state index contributed by atoms with van der Waals surface area (Å²) in [6.07, 6.45) is 9.45. The van der Waals surface area contributed by atoms with Crippen LogP contribution in [0.2, 0.25) is 0 Å². The van der Waals surface area contributed by atoms with Crippen LogP contribution in [0.3, 0.4) is 0 Å². The van der Waals surface area contributed by atoms with Gasteiger partial charge in [-0.15, -0.1) is 0 Å². The molecule has 2 aromatic carbocycles. The van der Waals surface area contributed by atoms with Crippen LogP contribution in [-0.4, -0.2) is 33.9 Å². The maximum Gasteiger partial charge on any atom is 0.248 e. The van der Waals surface area contributed by atoms with Crippen molar-refractivity contribution in [2.45, 2.75) is 6.42 Å². The van der Waals surface area contributed by atoms with E-state index in [0.29, 0.717) is 30.4 Å². The van der Waals surface area contributed by atoms with Crippen LogP contribution in [0.15, 0.2) is 85.3 Å². The monoisotopic (exact) mass is 438 g/mol. The van der Waals surface area contributed by atoms with E-state index in [9.17, 15) is 4.79 Å². The van der Waals surface area contributed by atoms with E-state index in [1.807, 2.05) is 54.7 Å². The molecule has 0 fully saturated rings. The number of hydrogen-bond donors (Lipinski definition) is 1. The molecule has 7 nitrogen and oxygen atoms in total. The predicted octanol–water partition coefficient (Wildman–Crippen LogP) is 4.75. The van der Waals surface area contributed by atoms with Crippen LogP contribution in [-0.2, 0) is 4.79 Å². The van der Waals surface area contributed by atoms with Gasteiger partial charge in [-0.3, -0.25) is 9.78 Å². The maximum atomic E-state index is 12.6. The summed E-state index contributed by atoms with van der Waals surface area (Å²) < 4.78 is 13.1. The molecular formula is C26H22N4O3. The van der Waals surface area contributed by atoms with Gasteiger partial charge in [0.1, 0.15) is 5.69 Å². The average Bonchev–Trinajstić information content (AvgIpc) is 3.15. The molecule has 164 valence electrons. The third-order valence-electron chi connectivity index (χ3n) is 5.13. The van der Waals surface area contributed by atoms with Crippen molar-refractivity contribution >= 4 is 17.7 Å². The van der Waals surface area contributed by atoms with Gasteiger partial charge in [0, 0.05) is 54.0 Å². The van der Waals surface area contributed by atoms with Crippen molar-refractivity contribution in [3.63, 3.8) is 0 Å². The van der Waals surface area contributed by atoms with Crippen LogP contribution in [0.4, 0.5) is 5.69 Å². The number of fused-ring (bicyclic) bond motifs is 1. The minimum atomic E-state index is -0.255. The number of ether oxygens (including phenoxy) is 2. The lowest BCUT2D eigenvalue weighted by Gasteiger charge is -2.09. The number of pyridine rings is 1. The van der Waals surface area contributed by atoms with Crippen molar-refractivity contribution in [3.8, 4) is 28.4 Å². The molecule has 0 aliphatic carbocycles. The van der Waals surface area contributed by atoms with Gasteiger partial charge in [0.25, 0.3) is 0 Å². The molecule has 1 N–H and O–H groups in total. The van der Waals surface area contributed by atoms with Gasteiger partial charge < -0.3 is 14.8 Å². The standard InChI is InChI=1S/C26H22N4O3/c31-25(28-21-10-11-23-24(16-21)33-15-5-14-32-23)12-9-20-18-30(22-7-2-1-3-8-22)29-26(20)19-6-4-13-27-17-19/h1-4,6-13,16-18H,5,14-15H2,(H,28,31)/b12-9+. The molecule has 4 aromatic rings. The quantitative estimate of drug-likeness (QED) is 0.455. The molecular weight excluding hydrogens is 416 g/mol. The molecule has 0 atom stereocenters. The Morgan fingerprint density at radius 3 is 2.67 bits per heavy atom. The summed E-state index contributed by atoms with van der Waals surface area (Å²) in [5.74, 6) is 1.07. The lowest BCUT2D eigenvalue weighted by molar-refractivity contribution is -0.111. The Morgan fingerprint density at radius 2 is 1.85 bits per heavy atom. The highest BCUT2D eigenvalue weighted by Gasteiger charge is 2.13. The van der Waals surface area contributed by atoms with Gasteiger partial charge in [-0.2, -0.15) is 5.10 Å². The number of nitrogens with one attached hydrogen (secondary N) is 1. The van der Waals surface area contributed by atoms with Crippen molar-refractivity contribution < 1.29 is 14.3 Å². The van der Waals surface area contributed by atoms with Crippen LogP contribution in [0.1, 0.15) is 12.0 Å². The van der Waals surface area contributed by atoms with E-state index in [0.717, 1.165) is 28.9 Å². The average molecular weight is 438 g/mol. The topological polar surface area (TPSA) is 78.3 Å². The zero-order valence-corrected chi connectivity index (χ0v) is 17.8. The number of benzene rings is 2. The maximum absolute atomic E-state index is 12.6. The SMILES string of the molecule is O=C(/C=C/c1cn(-c2ccccc2)nc1-c1cccnc1)Nc1ccc2c(c1)OCCCO2. The Bertz CT molecular complexity index is 1280. The second-order valence-electron chi connectivity index (χ2n) is 7.49. The summed E-state index contributed by atoms with van der Waals surface area (Å²) in [6.45, 7) is 1.21. The van der Waals surface area contributed by atoms with Gasteiger partial charge in [0.05, 0.1) is 18.9 Å². The highest BCUT2D eigenvalue weighted by atomic mass is 16.5. The number of carbonyl (C=O) groups excluding carboxylic acids is 1. The second kappa shape index (κ2) is 9.40. The van der Waals surface area contributed by atoms with E-state index in [4.69, 9.17) is 14.6 Å². The second-order valence-corrected chi connectivity index (χ2v) is 7.49. The summed E-state index contributed by atoms with van der Waals surface area (Å²) in [4.78, 5) is 16.8. The summed E-state index contributed by atoms with van der Waals surface area (Å²) in [5, 5.41) is 7.61. The molecule has 7 heteroatoms. The first-order valence-electron chi connectivity index (χ1n) is 10.7. The zero-order valence-electron chi connectivity index (χ0n) is 17.8. The van der Waals surface area contributed by atoms with E-state index < -0.39 is 0 Å². The lowest BCUT2D eigenvalue weighted by atomic mass is 10.1. The Labute approximate surface area is 191 Å². The molecule has 5 rings (SSSR count). The van der Waals surface area contributed by atoms with Gasteiger partial charge in [0.15, 0.2) is 11.5 Å². The Balaban J connectivity index is 1.39. The molecule has 1 aliphatic rings. The van der Waals surface area contributed by atoms with E-state index in [-0.39, 0.29) is 5.91 Å². The summed E-state index contributed by atoms with van der Waals surface area (Å²) in [6, 6.07) is 19.0. The van der Waals surface area contributed by atoms with Gasteiger partial charge >= 0.3 is 0 Å². The fraction of sp³-hybridized carbons (Fsp3) is 0.115. The third-order valence-corrected chi connectivity index (χ3v) is 5.13. The number of anilines is 1. The Hall–Kier alpha value is -4.39. The smallest absolute Gasteiger partial charge is 0.248 e. The first kappa shape index (κ1) is 20.5. The molecule has 0 bridgehead atoms.